The summed E-state index contributed by atoms with van der Waals surface area (Å²) in [5.41, 5.74) is 1.00. The number of rotatable bonds is 5. The van der Waals surface area contributed by atoms with Crippen molar-refractivity contribution in [2.45, 2.75) is 31.9 Å². The van der Waals surface area contributed by atoms with E-state index in [9.17, 15) is 9.90 Å². The number of nitrogens with zero attached hydrogens (tertiary/aromatic N) is 5. The summed E-state index contributed by atoms with van der Waals surface area (Å²) in [6.45, 7) is 5.26. The van der Waals surface area contributed by atoms with Gasteiger partial charge in [-0.3, -0.25) is 4.79 Å². The molecule has 1 atom stereocenters. The van der Waals surface area contributed by atoms with Crippen molar-refractivity contribution in [2.24, 2.45) is 0 Å². The van der Waals surface area contributed by atoms with Crippen molar-refractivity contribution < 1.29 is 9.90 Å². The Kier molecular flexibility index (Phi) is 5.21. The molecule has 30 heavy (non-hydrogen) atoms. The fraction of sp³-hybridized carbons (Fsp3) is 0.409. The number of fused-ring (bicyclic) bond motifs is 1. The average molecular weight is 409 g/mol. The Morgan fingerprint density at radius 2 is 1.97 bits per heavy atom. The van der Waals surface area contributed by atoms with E-state index in [1.807, 2.05) is 16.6 Å². The lowest BCUT2D eigenvalue weighted by molar-refractivity contribution is 0.0785. The van der Waals surface area contributed by atoms with Gasteiger partial charge in [-0.15, -0.1) is 0 Å². The van der Waals surface area contributed by atoms with Crippen LogP contribution in [0.5, 0.6) is 0 Å². The van der Waals surface area contributed by atoms with Crippen LogP contribution >= 0.6 is 0 Å². The third kappa shape index (κ3) is 4.01. The summed E-state index contributed by atoms with van der Waals surface area (Å²) in [4.78, 5) is 21.8. The van der Waals surface area contributed by atoms with Crippen LogP contribution in [0.25, 0.3) is 5.65 Å². The Labute approximate surface area is 176 Å². The minimum Gasteiger partial charge on any atom is -0.386 e. The van der Waals surface area contributed by atoms with Gasteiger partial charge in [0.15, 0.2) is 5.65 Å². The highest BCUT2D eigenvalue weighted by molar-refractivity contribution is 6.04. The largest absolute Gasteiger partial charge is 0.386 e. The second-order valence-electron chi connectivity index (χ2n) is 8.54. The van der Waals surface area contributed by atoms with E-state index in [-0.39, 0.29) is 5.91 Å². The minimum absolute atomic E-state index is 0.243. The number of nitrogens with one attached hydrogen (secondary N) is 1. The van der Waals surface area contributed by atoms with Crippen LogP contribution in [0.15, 0.2) is 42.6 Å². The molecule has 8 heteroatoms. The molecular weight excluding hydrogens is 380 g/mol. The highest BCUT2D eigenvalue weighted by Crippen LogP contribution is 2.25. The number of anilines is 2. The Morgan fingerprint density at radius 3 is 2.60 bits per heavy atom. The molecule has 0 spiro atoms. The van der Waals surface area contributed by atoms with Gasteiger partial charge in [-0.2, -0.15) is 9.61 Å². The van der Waals surface area contributed by atoms with E-state index in [0.29, 0.717) is 23.1 Å². The zero-order valence-corrected chi connectivity index (χ0v) is 17.8. The number of aliphatic hydroxyl groups is 1. The van der Waals surface area contributed by atoms with Crippen LogP contribution in [0.3, 0.4) is 0 Å². The van der Waals surface area contributed by atoms with Crippen LogP contribution in [-0.4, -0.2) is 63.7 Å². The van der Waals surface area contributed by atoms with E-state index in [2.05, 4.69) is 39.3 Å². The minimum atomic E-state index is -0.946. The number of hydrogen-bond acceptors (Lipinski definition) is 6. The Bertz CT molecular complexity index is 1050. The van der Waals surface area contributed by atoms with Crippen molar-refractivity contribution in [2.75, 3.05) is 37.4 Å². The molecule has 1 amide bonds. The van der Waals surface area contributed by atoms with Crippen molar-refractivity contribution in [3.63, 3.8) is 0 Å². The maximum absolute atomic E-state index is 12.8. The van der Waals surface area contributed by atoms with Gasteiger partial charge in [0.1, 0.15) is 11.6 Å². The zero-order valence-electron chi connectivity index (χ0n) is 17.8. The van der Waals surface area contributed by atoms with Gasteiger partial charge in [-0.1, -0.05) is 12.1 Å². The molecule has 8 nitrogen and oxygen atoms in total. The first-order chi connectivity index (χ1) is 14.2. The molecule has 0 saturated carbocycles. The lowest BCUT2D eigenvalue weighted by Crippen LogP contribution is -2.32. The van der Waals surface area contributed by atoms with Crippen LogP contribution in [-0.2, 0) is 5.60 Å². The number of aromatic nitrogens is 3. The summed E-state index contributed by atoms with van der Waals surface area (Å²) < 4.78 is 1.81. The lowest BCUT2D eigenvalue weighted by Gasteiger charge is -2.22. The second-order valence-corrected chi connectivity index (χ2v) is 8.54. The van der Waals surface area contributed by atoms with Crippen LogP contribution in [0, 0.1) is 0 Å². The van der Waals surface area contributed by atoms with Crippen molar-refractivity contribution >= 4 is 23.2 Å². The maximum atomic E-state index is 12.8. The lowest BCUT2D eigenvalue weighted by atomic mass is 9.97. The first kappa shape index (κ1) is 20.3. The van der Waals surface area contributed by atoms with E-state index in [0.717, 1.165) is 30.9 Å². The van der Waals surface area contributed by atoms with Crippen LogP contribution in [0.1, 0.15) is 36.2 Å². The van der Waals surface area contributed by atoms with Crippen LogP contribution < -0.4 is 10.2 Å². The molecule has 1 saturated heterocycles. The topological polar surface area (TPSA) is 86.0 Å². The molecule has 0 bridgehead atoms. The van der Waals surface area contributed by atoms with Gasteiger partial charge in [-0.25, -0.2) is 4.98 Å². The van der Waals surface area contributed by atoms with E-state index in [1.165, 1.54) is 0 Å². The Balaban J connectivity index is 1.58. The third-order valence-corrected chi connectivity index (χ3v) is 5.65. The molecule has 1 aliphatic heterocycles. The maximum Gasteiger partial charge on any atom is 0.256 e. The molecular formula is C22H28N6O2. The molecule has 0 radical (unpaired) electrons. The fourth-order valence-electron chi connectivity index (χ4n) is 3.78. The third-order valence-electron chi connectivity index (χ3n) is 5.65. The molecule has 1 unspecified atom stereocenters. The summed E-state index contributed by atoms with van der Waals surface area (Å²) in [7, 11) is 4.19. The normalized spacial score (nSPS) is 17.1. The fourth-order valence-corrected chi connectivity index (χ4v) is 3.78. The quantitative estimate of drug-likeness (QED) is 0.674. The van der Waals surface area contributed by atoms with Gasteiger partial charge in [-0.05, 0) is 52.1 Å². The molecule has 3 aromatic rings. The summed E-state index contributed by atoms with van der Waals surface area (Å²) in [6, 6.07) is 11.1. The van der Waals surface area contributed by atoms with Crippen LogP contribution in [0.4, 0.5) is 11.6 Å². The summed E-state index contributed by atoms with van der Waals surface area (Å²) in [5, 5.41) is 17.4. The van der Waals surface area contributed by atoms with Crippen LogP contribution in [0.2, 0.25) is 0 Å². The first-order valence-electron chi connectivity index (χ1n) is 10.1. The zero-order chi connectivity index (χ0) is 21.5. The Hall–Kier alpha value is -2.97. The molecule has 4 rings (SSSR count). The van der Waals surface area contributed by atoms with E-state index in [4.69, 9.17) is 0 Å². The van der Waals surface area contributed by atoms with Gasteiger partial charge in [0.05, 0.1) is 11.8 Å². The molecule has 1 aliphatic rings. The summed E-state index contributed by atoms with van der Waals surface area (Å²) in [5.74, 6) is 1.16. The van der Waals surface area contributed by atoms with E-state index < -0.39 is 5.60 Å². The number of likely N-dealkylation sites (N-methyl/N-ethyl adjacent to an activating group) is 1. The molecule has 0 aliphatic carbocycles. The van der Waals surface area contributed by atoms with Crippen molar-refractivity contribution in [3.8, 4) is 0 Å². The molecule has 3 heterocycles. The summed E-state index contributed by atoms with van der Waals surface area (Å²) in [6.07, 6.45) is 2.79. The van der Waals surface area contributed by atoms with Gasteiger partial charge in [0.25, 0.3) is 5.91 Å². The van der Waals surface area contributed by atoms with Crippen molar-refractivity contribution in [1.82, 2.24) is 19.5 Å². The van der Waals surface area contributed by atoms with Crippen molar-refractivity contribution in [1.29, 1.82) is 0 Å². The van der Waals surface area contributed by atoms with Crippen molar-refractivity contribution in [3.05, 3.63) is 53.7 Å². The number of hydrogen-bond donors (Lipinski definition) is 2. The van der Waals surface area contributed by atoms with Gasteiger partial charge in [0, 0.05) is 36.8 Å². The summed E-state index contributed by atoms with van der Waals surface area (Å²) >= 11 is 0. The first-order valence-corrected chi connectivity index (χ1v) is 10.1. The number of amides is 1. The second kappa shape index (κ2) is 7.70. The predicted molar refractivity (Wildman–Crippen MR) is 117 cm³/mol. The number of benzene rings is 1. The number of carbonyl (C=O) groups is 1. The average Bonchev–Trinajstić information content (AvgIpc) is 3.36. The predicted octanol–water partition coefficient (Wildman–Crippen LogP) is 2.35. The van der Waals surface area contributed by atoms with Gasteiger partial charge < -0.3 is 20.2 Å². The van der Waals surface area contributed by atoms with E-state index in [1.54, 1.807) is 44.3 Å². The molecule has 1 aromatic carbocycles. The van der Waals surface area contributed by atoms with Gasteiger partial charge in [0.2, 0.25) is 0 Å². The van der Waals surface area contributed by atoms with E-state index >= 15 is 0 Å². The molecule has 1 fully saturated rings. The standard InChI is InChI=1S/C22H28N6O2/c1-22(2,30)16-7-5-15(6-8-16)21(29)25-18-13-20(28-19(24-18)9-11-23-28)27-12-10-17(14-27)26(3)4/h5-9,11,13,17,30H,10,12,14H2,1-4H3,(H,24,25,29). The smallest absolute Gasteiger partial charge is 0.256 e. The number of carbonyl (C=O) groups excluding carboxylic acids is 1. The SMILES string of the molecule is CN(C)C1CCN(c2cc(NC(=O)c3ccc(C(C)(C)O)cc3)nc3ccnn23)C1. The molecule has 158 valence electrons. The molecule has 2 N–H and O–H groups in total. The monoisotopic (exact) mass is 408 g/mol. The highest BCUT2D eigenvalue weighted by Gasteiger charge is 2.26. The molecule has 2 aromatic heterocycles. The highest BCUT2D eigenvalue weighted by atomic mass is 16.3. The Morgan fingerprint density at radius 1 is 1.23 bits per heavy atom. The van der Waals surface area contributed by atoms with Gasteiger partial charge >= 0.3 is 0 Å².